The van der Waals surface area contributed by atoms with E-state index in [1.807, 2.05) is 18.7 Å². The second kappa shape index (κ2) is 8.05. The topological polar surface area (TPSA) is 70.6 Å². The van der Waals surface area contributed by atoms with Crippen LogP contribution in [0.5, 0.6) is 0 Å². The van der Waals surface area contributed by atoms with Gasteiger partial charge in [-0.2, -0.15) is 0 Å². The average Bonchev–Trinajstić information content (AvgIpc) is 2.53. The van der Waals surface area contributed by atoms with Crippen molar-refractivity contribution in [2.45, 2.75) is 19.9 Å². The highest BCUT2D eigenvalue weighted by molar-refractivity contribution is 5.93. The number of aromatic nitrogens is 2. The molecule has 1 aliphatic rings. The molecule has 2 heterocycles. The number of hydrogen-bond donors (Lipinski definition) is 1. The first-order valence-electron chi connectivity index (χ1n) is 7.69. The number of methoxy groups -OCH3 is 1. The zero-order valence-electron chi connectivity index (χ0n) is 13.6. The Labute approximate surface area is 131 Å². The normalized spacial score (nSPS) is 16.1. The van der Waals surface area contributed by atoms with Gasteiger partial charge in [-0.3, -0.25) is 9.69 Å². The third-order valence-corrected chi connectivity index (χ3v) is 3.59. The van der Waals surface area contributed by atoms with E-state index in [2.05, 4.69) is 20.2 Å². The summed E-state index contributed by atoms with van der Waals surface area (Å²) in [5.74, 6) is 0.554. The Morgan fingerprint density at radius 2 is 1.91 bits per heavy atom. The summed E-state index contributed by atoms with van der Waals surface area (Å²) >= 11 is 0. The molecule has 0 atom stereocenters. The lowest BCUT2D eigenvalue weighted by atomic mass is 10.2. The van der Waals surface area contributed by atoms with Gasteiger partial charge in [-0.15, -0.1) is 0 Å². The summed E-state index contributed by atoms with van der Waals surface area (Å²) in [5.41, 5.74) is 0.541. The lowest BCUT2D eigenvalue weighted by Crippen LogP contribution is -2.49. The first kappa shape index (κ1) is 16.6. The van der Waals surface area contributed by atoms with Crippen LogP contribution in [-0.2, 0) is 4.74 Å². The highest BCUT2D eigenvalue weighted by Crippen LogP contribution is 2.09. The molecule has 0 aromatic carbocycles. The summed E-state index contributed by atoms with van der Waals surface area (Å²) in [6.07, 6.45) is 3.19. The Morgan fingerprint density at radius 1 is 1.27 bits per heavy atom. The molecular weight excluding hydrogens is 282 g/mol. The van der Waals surface area contributed by atoms with Gasteiger partial charge in [-0.05, 0) is 13.8 Å². The maximum absolute atomic E-state index is 12.4. The van der Waals surface area contributed by atoms with Crippen LogP contribution in [0, 0.1) is 0 Å². The van der Waals surface area contributed by atoms with E-state index in [1.54, 1.807) is 19.5 Å². The fourth-order valence-electron chi connectivity index (χ4n) is 2.35. The Hall–Kier alpha value is -1.73. The molecule has 0 spiro atoms. The van der Waals surface area contributed by atoms with E-state index in [0.717, 1.165) is 39.3 Å². The summed E-state index contributed by atoms with van der Waals surface area (Å²) in [4.78, 5) is 25.0. The molecule has 0 aliphatic carbocycles. The number of anilines is 1. The zero-order valence-corrected chi connectivity index (χ0v) is 13.6. The largest absolute Gasteiger partial charge is 0.383 e. The molecule has 0 radical (unpaired) electrons. The SMILES string of the molecule is COCCN1CCN(C(=O)c2cnc(NC(C)C)nc2)CC1. The molecule has 1 N–H and O–H groups in total. The van der Waals surface area contributed by atoms with Crippen LogP contribution in [-0.4, -0.2) is 78.2 Å². The molecule has 22 heavy (non-hydrogen) atoms. The number of amides is 1. The van der Waals surface area contributed by atoms with Gasteiger partial charge >= 0.3 is 0 Å². The van der Waals surface area contributed by atoms with Gasteiger partial charge in [0.25, 0.3) is 5.91 Å². The summed E-state index contributed by atoms with van der Waals surface area (Å²) < 4.78 is 5.08. The van der Waals surface area contributed by atoms with E-state index in [4.69, 9.17) is 4.74 Å². The number of nitrogens with zero attached hydrogens (tertiary/aromatic N) is 4. The van der Waals surface area contributed by atoms with E-state index in [1.165, 1.54) is 0 Å². The molecule has 1 aromatic heterocycles. The number of carbonyl (C=O) groups is 1. The average molecular weight is 307 g/mol. The second-order valence-corrected chi connectivity index (χ2v) is 5.72. The van der Waals surface area contributed by atoms with Gasteiger partial charge in [0.1, 0.15) is 0 Å². The molecule has 0 bridgehead atoms. The van der Waals surface area contributed by atoms with Crippen molar-refractivity contribution in [3.8, 4) is 0 Å². The van der Waals surface area contributed by atoms with Crippen LogP contribution in [0.4, 0.5) is 5.95 Å². The van der Waals surface area contributed by atoms with Crippen molar-refractivity contribution in [3.05, 3.63) is 18.0 Å². The maximum Gasteiger partial charge on any atom is 0.257 e. The molecule has 2 rings (SSSR count). The number of hydrogen-bond acceptors (Lipinski definition) is 6. The van der Waals surface area contributed by atoms with E-state index in [-0.39, 0.29) is 11.9 Å². The van der Waals surface area contributed by atoms with Crippen molar-refractivity contribution in [1.29, 1.82) is 0 Å². The van der Waals surface area contributed by atoms with Crippen molar-refractivity contribution in [1.82, 2.24) is 19.8 Å². The lowest BCUT2D eigenvalue weighted by molar-refractivity contribution is 0.0593. The predicted octanol–water partition coefficient (Wildman–Crippen LogP) is 0.701. The summed E-state index contributed by atoms with van der Waals surface area (Å²) in [6.45, 7) is 8.90. The number of nitrogens with one attached hydrogen (secondary N) is 1. The van der Waals surface area contributed by atoms with Gasteiger partial charge in [0, 0.05) is 58.3 Å². The minimum atomic E-state index is 0.00230. The highest BCUT2D eigenvalue weighted by atomic mass is 16.5. The fourth-order valence-corrected chi connectivity index (χ4v) is 2.35. The van der Waals surface area contributed by atoms with Crippen LogP contribution in [0.15, 0.2) is 12.4 Å². The van der Waals surface area contributed by atoms with E-state index in [9.17, 15) is 4.79 Å². The van der Waals surface area contributed by atoms with Gasteiger partial charge in [0.15, 0.2) is 0 Å². The van der Waals surface area contributed by atoms with Crippen LogP contribution in [0.25, 0.3) is 0 Å². The lowest BCUT2D eigenvalue weighted by Gasteiger charge is -2.34. The van der Waals surface area contributed by atoms with E-state index >= 15 is 0 Å². The zero-order chi connectivity index (χ0) is 15.9. The molecule has 7 heteroatoms. The van der Waals surface area contributed by atoms with Crippen molar-refractivity contribution in [2.75, 3.05) is 51.8 Å². The third kappa shape index (κ3) is 4.64. The van der Waals surface area contributed by atoms with E-state index in [0.29, 0.717) is 11.5 Å². The predicted molar refractivity (Wildman–Crippen MR) is 85.0 cm³/mol. The van der Waals surface area contributed by atoms with Gasteiger partial charge in [0.05, 0.1) is 12.2 Å². The maximum atomic E-state index is 12.4. The molecular formula is C15H25N5O2. The van der Waals surface area contributed by atoms with Crippen LogP contribution < -0.4 is 5.32 Å². The Morgan fingerprint density at radius 3 is 2.45 bits per heavy atom. The highest BCUT2D eigenvalue weighted by Gasteiger charge is 2.22. The van der Waals surface area contributed by atoms with Crippen molar-refractivity contribution >= 4 is 11.9 Å². The molecule has 1 aromatic rings. The number of rotatable bonds is 6. The molecule has 7 nitrogen and oxygen atoms in total. The number of piperazine rings is 1. The van der Waals surface area contributed by atoms with Crippen molar-refractivity contribution in [2.24, 2.45) is 0 Å². The Kier molecular flexibility index (Phi) is 6.09. The van der Waals surface area contributed by atoms with Gasteiger partial charge in [-0.1, -0.05) is 0 Å². The standard InChI is InChI=1S/C15H25N5O2/c1-12(2)18-15-16-10-13(11-17-15)14(21)20-6-4-19(5-7-20)8-9-22-3/h10-12H,4-9H2,1-3H3,(H,16,17,18). The number of ether oxygens (including phenoxy) is 1. The minimum Gasteiger partial charge on any atom is -0.383 e. The summed E-state index contributed by atoms with van der Waals surface area (Å²) in [6, 6.07) is 0.265. The molecule has 0 saturated carbocycles. The molecule has 1 saturated heterocycles. The van der Waals surface area contributed by atoms with Gasteiger partial charge < -0.3 is 15.0 Å². The quantitative estimate of drug-likeness (QED) is 0.834. The van der Waals surface area contributed by atoms with Gasteiger partial charge in [0.2, 0.25) is 5.95 Å². The van der Waals surface area contributed by atoms with Crippen LogP contribution in [0.3, 0.4) is 0 Å². The van der Waals surface area contributed by atoms with Crippen molar-refractivity contribution in [3.63, 3.8) is 0 Å². The molecule has 0 unspecified atom stereocenters. The third-order valence-electron chi connectivity index (χ3n) is 3.59. The monoisotopic (exact) mass is 307 g/mol. The Bertz CT molecular complexity index is 469. The van der Waals surface area contributed by atoms with Crippen molar-refractivity contribution < 1.29 is 9.53 Å². The second-order valence-electron chi connectivity index (χ2n) is 5.72. The smallest absolute Gasteiger partial charge is 0.257 e. The number of carbonyl (C=O) groups excluding carboxylic acids is 1. The molecule has 122 valence electrons. The van der Waals surface area contributed by atoms with Crippen LogP contribution in [0.1, 0.15) is 24.2 Å². The van der Waals surface area contributed by atoms with Crippen LogP contribution >= 0.6 is 0 Å². The first-order valence-corrected chi connectivity index (χ1v) is 7.69. The van der Waals surface area contributed by atoms with Crippen LogP contribution in [0.2, 0.25) is 0 Å². The Balaban J connectivity index is 1.87. The minimum absolute atomic E-state index is 0.00230. The van der Waals surface area contributed by atoms with Gasteiger partial charge in [-0.25, -0.2) is 9.97 Å². The first-order chi connectivity index (χ1) is 10.6. The molecule has 1 fully saturated rings. The summed E-state index contributed by atoms with van der Waals surface area (Å²) in [5, 5.41) is 3.11. The van der Waals surface area contributed by atoms with E-state index < -0.39 is 0 Å². The molecule has 1 aliphatic heterocycles. The fraction of sp³-hybridized carbons (Fsp3) is 0.667. The molecule has 1 amide bonds. The summed E-state index contributed by atoms with van der Waals surface area (Å²) in [7, 11) is 1.71.